The second-order valence-corrected chi connectivity index (χ2v) is 7.09. The molecule has 4 aromatic carbocycles. The van der Waals surface area contributed by atoms with Gasteiger partial charge in [-0.15, -0.1) is 0 Å². The summed E-state index contributed by atoms with van der Waals surface area (Å²) >= 11 is 0. The lowest BCUT2D eigenvalue weighted by atomic mass is 9.70. The molecule has 0 fully saturated rings. The van der Waals surface area contributed by atoms with Crippen LogP contribution < -0.4 is 0 Å². The van der Waals surface area contributed by atoms with E-state index < -0.39 is 0 Å². The molecule has 2 aliphatic carbocycles. The SMILES string of the molecule is Oc1cccc2c1-c1ccccc1C21c2ccccc2-c2ccccc21. The highest BCUT2D eigenvalue weighted by molar-refractivity contribution is 5.96. The summed E-state index contributed by atoms with van der Waals surface area (Å²) in [6, 6.07) is 31.8. The lowest BCUT2D eigenvalue weighted by Crippen LogP contribution is -2.25. The Balaban J connectivity index is 1.89. The van der Waals surface area contributed by atoms with Crippen molar-refractivity contribution in [2.45, 2.75) is 5.41 Å². The van der Waals surface area contributed by atoms with Gasteiger partial charge < -0.3 is 5.11 Å². The Labute approximate surface area is 152 Å². The van der Waals surface area contributed by atoms with Crippen molar-refractivity contribution in [3.63, 3.8) is 0 Å². The fourth-order valence-corrected chi connectivity index (χ4v) is 5.12. The summed E-state index contributed by atoms with van der Waals surface area (Å²) in [5.74, 6) is 0.355. The van der Waals surface area contributed by atoms with Crippen LogP contribution in [0.3, 0.4) is 0 Å². The lowest BCUT2D eigenvalue weighted by molar-refractivity contribution is 0.477. The van der Waals surface area contributed by atoms with Crippen LogP contribution >= 0.6 is 0 Å². The van der Waals surface area contributed by atoms with Crippen molar-refractivity contribution < 1.29 is 5.11 Å². The number of fused-ring (bicyclic) bond motifs is 10. The highest BCUT2D eigenvalue weighted by Gasteiger charge is 2.51. The van der Waals surface area contributed by atoms with Crippen LogP contribution in [0.5, 0.6) is 5.75 Å². The Bertz CT molecular complexity index is 1160. The largest absolute Gasteiger partial charge is 0.507 e. The van der Waals surface area contributed by atoms with Gasteiger partial charge in [0.05, 0.1) is 5.41 Å². The maximum atomic E-state index is 10.7. The molecule has 1 spiro atoms. The van der Waals surface area contributed by atoms with Crippen molar-refractivity contribution in [3.8, 4) is 28.0 Å². The van der Waals surface area contributed by atoms with Crippen molar-refractivity contribution in [2.24, 2.45) is 0 Å². The van der Waals surface area contributed by atoms with E-state index in [-0.39, 0.29) is 5.41 Å². The van der Waals surface area contributed by atoms with Gasteiger partial charge >= 0.3 is 0 Å². The number of phenols is 1. The monoisotopic (exact) mass is 332 g/mol. The second-order valence-electron chi connectivity index (χ2n) is 7.09. The molecule has 1 heteroatoms. The van der Waals surface area contributed by atoms with Gasteiger partial charge in [-0.1, -0.05) is 84.9 Å². The molecular weight excluding hydrogens is 316 g/mol. The van der Waals surface area contributed by atoms with Crippen molar-refractivity contribution in [1.82, 2.24) is 0 Å². The van der Waals surface area contributed by atoms with Gasteiger partial charge in [0, 0.05) is 5.56 Å². The average molecular weight is 332 g/mol. The number of phenolic OH excluding ortho intramolecular Hbond substituents is 1. The molecular formula is C25H16O. The molecule has 26 heavy (non-hydrogen) atoms. The summed E-state index contributed by atoms with van der Waals surface area (Å²) in [6.07, 6.45) is 0. The van der Waals surface area contributed by atoms with Crippen molar-refractivity contribution in [3.05, 3.63) is 113 Å². The molecule has 1 N–H and O–H groups in total. The van der Waals surface area contributed by atoms with Gasteiger partial charge in [0.15, 0.2) is 0 Å². The number of hydrogen-bond acceptors (Lipinski definition) is 1. The molecule has 0 amide bonds. The number of aromatic hydroxyl groups is 1. The van der Waals surface area contributed by atoms with Crippen LogP contribution in [0.15, 0.2) is 91.0 Å². The van der Waals surface area contributed by atoms with E-state index in [1.807, 2.05) is 6.07 Å². The lowest BCUT2D eigenvalue weighted by Gasteiger charge is -2.30. The molecule has 4 aromatic rings. The second kappa shape index (κ2) is 4.64. The first-order valence-corrected chi connectivity index (χ1v) is 8.95. The molecule has 0 atom stereocenters. The molecule has 0 unspecified atom stereocenters. The zero-order valence-corrected chi connectivity index (χ0v) is 14.1. The first-order valence-electron chi connectivity index (χ1n) is 8.95. The highest BCUT2D eigenvalue weighted by atomic mass is 16.3. The molecule has 122 valence electrons. The Morgan fingerprint density at radius 2 is 0.923 bits per heavy atom. The van der Waals surface area contributed by atoms with E-state index in [0.717, 1.165) is 11.1 Å². The minimum absolute atomic E-state index is 0.349. The van der Waals surface area contributed by atoms with E-state index in [4.69, 9.17) is 0 Å². The minimum atomic E-state index is -0.349. The van der Waals surface area contributed by atoms with Gasteiger partial charge in [-0.3, -0.25) is 0 Å². The zero-order valence-electron chi connectivity index (χ0n) is 14.1. The van der Waals surface area contributed by atoms with Crippen LogP contribution in [-0.2, 0) is 5.41 Å². The Morgan fingerprint density at radius 3 is 1.54 bits per heavy atom. The zero-order chi connectivity index (χ0) is 17.3. The van der Waals surface area contributed by atoms with Gasteiger partial charge in [0.1, 0.15) is 5.75 Å². The minimum Gasteiger partial charge on any atom is -0.507 e. The fraction of sp³-hybridized carbons (Fsp3) is 0.0400. The molecule has 1 nitrogen and oxygen atoms in total. The fourth-order valence-electron chi connectivity index (χ4n) is 5.12. The smallest absolute Gasteiger partial charge is 0.123 e. The molecule has 0 aliphatic heterocycles. The molecule has 0 radical (unpaired) electrons. The van der Waals surface area contributed by atoms with Crippen LogP contribution in [0.25, 0.3) is 22.3 Å². The summed E-state index contributed by atoms with van der Waals surface area (Å²) < 4.78 is 0. The summed E-state index contributed by atoms with van der Waals surface area (Å²) in [6.45, 7) is 0. The van der Waals surface area contributed by atoms with E-state index in [1.54, 1.807) is 6.07 Å². The molecule has 0 bridgehead atoms. The average Bonchev–Trinajstić information content (AvgIpc) is 3.16. The first-order chi connectivity index (χ1) is 12.8. The maximum absolute atomic E-state index is 10.7. The topological polar surface area (TPSA) is 20.2 Å². The third kappa shape index (κ3) is 1.40. The molecule has 0 saturated carbocycles. The number of benzene rings is 4. The quantitative estimate of drug-likeness (QED) is 0.376. The van der Waals surface area contributed by atoms with E-state index in [0.29, 0.717) is 5.75 Å². The van der Waals surface area contributed by atoms with E-state index in [2.05, 4.69) is 78.9 Å². The van der Waals surface area contributed by atoms with E-state index in [1.165, 1.54) is 33.4 Å². The van der Waals surface area contributed by atoms with Gasteiger partial charge in [0.2, 0.25) is 0 Å². The number of rotatable bonds is 0. The summed E-state index contributed by atoms with van der Waals surface area (Å²) in [4.78, 5) is 0. The standard InChI is InChI=1S/C25H16O/c26-23-15-7-14-22-24(23)18-10-3-6-13-21(18)25(22)19-11-4-1-8-16(19)17-9-2-5-12-20(17)25/h1-15,26H. The Kier molecular flexibility index (Phi) is 2.49. The molecule has 6 rings (SSSR count). The van der Waals surface area contributed by atoms with Crippen molar-refractivity contribution in [1.29, 1.82) is 0 Å². The normalized spacial score (nSPS) is 14.6. The Hall–Kier alpha value is -3.32. The van der Waals surface area contributed by atoms with Crippen molar-refractivity contribution >= 4 is 0 Å². The molecule has 0 heterocycles. The van der Waals surface area contributed by atoms with Crippen LogP contribution in [-0.4, -0.2) is 5.11 Å². The van der Waals surface area contributed by atoms with E-state index in [9.17, 15) is 5.11 Å². The van der Waals surface area contributed by atoms with Gasteiger partial charge in [-0.25, -0.2) is 0 Å². The van der Waals surface area contributed by atoms with Crippen LogP contribution in [0.2, 0.25) is 0 Å². The van der Waals surface area contributed by atoms with Gasteiger partial charge in [0.25, 0.3) is 0 Å². The van der Waals surface area contributed by atoms with Gasteiger partial charge in [-0.2, -0.15) is 0 Å². The summed E-state index contributed by atoms with van der Waals surface area (Å²) in [5, 5.41) is 10.7. The molecule has 0 saturated heterocycles. The molecule has 0 aromatic heterocycles. The number of hydrogen-bond donors (Lipinski definition) is 1. The predicted molar refractivity (Wildman–Crippen MR) is 104 cm³/mol. The van der Waals surface area contributed by atoms with Crippen molar-refractivity contribution in [2.75, 3.05) is 0 Å². The first kappa shape index (κ1) is 13.9. The third-order valence-corrected chi connectivity index (χ3v) is 6.00. The van der Waals surface area contributed by atoms with Crippen LogP contribution in [0.4, 0.5) is 0 Å². The van der Waals surface area contributed by atoms with Gasteiger partial charge in [-0.05, 0) is 45.0 Å². The Morgan fingerprint density at radius 1 is 0.462 bits per heavy atom. The summed E-state index contributed by atoms with van der Waals surface area (Å²) in [7, 11) is 0. The predicted octanol–water partition coefficient (Wildman–Crippen LogP) is 5.74. The molecule has 2 aliphatic rings. The summed E-state index contributed by atoms with van der Waals surface area (Å²) in [5.41, 5.74) is 9.36. The maximum Gasteiger partial charge on any atom is 0.123 e. The van der Waals surface area contributed by atoms with Crippen LogP contribution in [0, 0.1) is 0 Å². The highest BCUT2D eigenvalue weighted by Crippen LogP contribution is 2.63. The van der Waals surface area contributed by atoms with E-state index >= 15 is 0 Å². The third-order valence-electron chi connectivity index (χ3n) is 6.00. The van der Waals surface area contributed by atoms with Crippen LogP contribution in [0.1, 0.15) is 22.3 Å².